The first-order chi connectivity index (χ1) is 12.5. The minimum absolute atomic E-state index is 0.444. The average Bonchev–Trinajstić information content (AvgIpc) is 2.67. The van der Waals surface area contributed by atoms with Crippen LogP contribution in [-0.4, -0.2) is 32.2 Å². The van der Waals surface area contributed by atoms with E-state index in [1.807, 2.05) is 0 Å². The summed E-state index contributed by atoms with van der Waals surface area (Å²) in [6.45, 7) is 1.50. The Morgan fingerprint density at radius 1 is 1.00 bits per heavy atom. The van der Waals surface area contributed by atoms with Crippen molar-refractivity contribution in [2.75, 3.05) is 19.5 Å². The van der Waals surface area contributed by atoms with Crippen LogP contribution in [0.1, 0.15) is 12.5 Å². The van der Waals surface area contributed by atoms with Gasteiger partial charge in [0.2, 0.25) is 0 Å². The number of amides is 1. The molecule has 0 aliphatic heterocycles. The molecule has 0 aliphatic carbocycles. The van der Waals surface area contributed by atoms with Crippen LogP contribution >= 0.6 is 0 Å². The summed E-state index contributed by atoms with van der Waals surface area (Å²) in [7, 11) is 3.10. The number of hydrogen-bond acceptors (Lipinski definition) is 5. The lowest BCUT2D eigenvalue weighted by Crippen LogP contribution is -2.29. The Morgan fingerprint density at radius 2 is 1.69 bits per heavy atom. The minimum atomic E-state index is -0.951. The zero-order chi connectivity index (χ0) is 18.9. The smallest absolute Gasteiger partial charge is 0.331 e. The van der Waals surface area contributed by atoms with Gasteiger partial charge in [-0.25, -0.2) is 4.79 Å². The summed E-state index contributed by atoms with van der Waals surface area (Å²) >= 11 is 0. The van der Waals surface area contributed by atoms with Gasteiger partial charge in [0, 0.05) is 6.08 Å². The van der Waals surface area contributed by atoms with Gasteiger partial charge >= 0.3 is 5.97 Å². The van der Waals surface area contributed by atoms with Crippen molar-refractivity contribution in [1.82, 2.24) is 0 Å². The van der Waals surface area contributed by atoms with E-state index in [1.54, 1.807) is 61.7 Å². The molecule has 0 aromatic heterocycles. The zero-order valence-corrected chi connectivity index (χ0v) is 14.9. The number of anilines is 1. The molecule has 2 rings (SSSR count). The summed E-state index contributed by atoms with van der Waals surface area (Å²) < 4.78 is 15.4. The minimum Gasteiger partial charge on any atom is -0.497 e. The molecule has 2 aromatic carbocycles. The molecule has 1 unspecified atom stereocenters. The van der Waals surface area contributed by atoms with E-state index in [9.17, 15) is 9.59 Å². The van der Waals surface area contributed by atoms with Gasteiger partial charge in [0.15, 0.2) is 6.10 Å². The highest BCUT2D eigenvalue weighted by Crippen LogP contribution is 2.23. The van der Waals surface area contributed by atoms with Crippen LogP contribution in [0.4, 0.5) is 5.69 Å². The fourth-order valence-corrected chi connectivity index (χ4v) is 2.13. The van der Waals surface area contributed by atoms with Crippen LogP contribution in [0, 0.1) is 0 Å². The van der Waals surface area contributed by atoms with Crippen molar-refractivity contribution in [1.29, 1.82) is 0 Å². The normalized spacial score (nSPS) is 11.7. The van der Waals surface area contributed by atoms with Crippen LogP contribution in [0.5, 0.6) is 11.5 Å². The second-order valence-corrected chi connectivity index (χ2v) is 5.38. The summed E-state index contributed by atoms with van der Waals surface area (Å²) in [4.78, 5) is 24.1. The highest BCUT2D eigenvalue weighted by molar-refractivity contribution is 5.97. The van der Waals surface area contributed by atoms with E-state index in [2.05, 4.69) is 5.32 Å². The molecule has 1 amide bonds. The molecule has 6 heteroatoms. The Balaban J connectivity index is 1.90. The van der Waals surface area contributed by atoms with Gasteiger partial charge in [0.25, 0.3) is 5.91 Å². The standard InChI is InChI=1S/C20H21NO5/c1-14(20(23)21-17-6-4-5-7-18(17)25-3)26-19(22)13-10-15-8-11-16(24-2)12-9-15/h4-14H,1-3H3,(H,21,23)/b13-10+. The lowest BCUT2D eigenvalue weighted by Gasteiger charge is -2.14. The third kappa shape index (κ3) is 5.37. The summed E-state index contributed by atoms with van der Waals surface area (Å²) in [6, 6.07) is 14.2. The van der Waals surface area contributed by atoms with E-state index in [-0.39, 0.29) is 0 Å². The Labute approximate surface area is 152 Å². The molecule has 0 bridgehead atoms. The second-order valence-electron chi connectivity index (χ2n) is 5.38. The van der Waals surface area contributed by atoms with E-state index in [1.165, 1.54) is 20.1 Å². The van der Waals surface area contributed by atoms with Crippen molar-refractivity contribution >= 4 is 23.6 Å². The van der Waals surface area contributed by atoms with Crippen molar-refractivity contribution in [2.45, 2.75) is 13.0 Å². The van der Waals surface area contributed by atoms with E-state index < -0.39 is 18.0 Å². The zero-order valence-electron chi connectivity index (χ0n) is 14.9. The fourth-order valence-electron chi connectivity index (χ4n) is 2.13. The SMILES string of the molecule is COc1ccc(/C=C/C(=O)OC(C)C(=O)Nc2ccccc2OC)cc1. The predicted molar refractivity (Wildman–Crippen MR) is 99.2 cm³/mol. The van der Waals surface area contributed by atoms with Gasteiger partial charge < -0.3 is 19.5 Å². The molecule has 0 radical (unpaired) electrons. The van der Waals surface area contributed by atoms with Gasteiger partial charge in [-0.1, -0.05) is 24.3 Å². The van der Waals surface area contributed by atoms with Gasteiger partial charge in [-0.05, 0) is 42.8 Å². The number of benzene rings is 2. The van der Waals surface area contributed by atoms with Gasteiger partial charge in [0.1, 0.15) is 11.5 Å². The van der Waals surface area contributed by atoms with Gasteiger partial charge in [-0.3, -0.25) is 4.79 Å². The van der Waals surface area contributed by atoms with Crippen LogP contribution in [-0.2, 0) is 14.3 Å². The molecular weight excluding hydrogens is 334 g/mol. The van der Waals surface area contributed by atoms with Crippen molar-refractivity contribution in [2.24, 2.45) is 0 Å². The molecule has 0 aliphatic rings. The van der Waals surface area contributed by atoms with Crippen LogP contribution in [0.3, 0.4) is 0 Å². The first kappa shape index (κ1) is 19.1. The largest absolute Gasteiger partial charge is 0.497 e. The van der Waals surface area contributed by atoms with Crippen LogP contribution in [0.2, 0.25) is 0 Å². The van der Waals surface area contributed by atoms with Crippen molar-refractivity contribution < 1.29 is 23.8 Å². The van der Waals surface area contributed by atoms with E-state index in [4.69, 9.17) is 14.2 Å². The molecule has 1 atom stereocenters. The van der Waals surface area contributed by atoms with Gasteiger partial charge in [-0.2, -0.15) is 0 Å². The fraction of sp³-hybridized carbons (Fsp3) is 0.200. The molecule has 0 spiro atoms. The first-order valence-corrected chi connectivity index (χ1v) is 8.00. The highest BCUT2D eigenvalue weighted by Gasteiger charge is 2.18. The molecule has 26 heavy (non-hydrogen) atoms. The van der Waals surface area contributed by atoms with Crippen molar-refractivity contribution in [3.8, 4) is 11.5 Å². The van der Waals surface area contributed by atoms with Crippen LogP contribution in [0.15, 0.2) is 54.6 Å². The molecule has 136 valence electrons. The first-order valence-electron chi connectivity index (χ1n) is 8.00. The van der Waals surface area contributed by atoms with E-state index in [0.29, 0.717) is 11.4 Å². The lowest BCUT2D eigenvalue weighted by molar-refractivity contribution is -0.148. The maximum atomic E-state index is 12.2. The number of esters is 1. The molecule has 0 fully saturated rings. The van der Waals surface area contributed by atoms with Gasteiger partial charge in [-0.15, -0.1) is 0 Å². The molecule has 0 saturated carbocycles. The van der Waals surface area contributed by atoms with Gasteiger partial charge in [0.05, 0.1) is 19.9 Å². The topological polar surface area (TPSA) is 73.9 Å². The summed E-state index contributed by atoms with van der Waals surface area (Å²) in [5.41, 5.74) is 1.32. The average molecular weight is 355 g/mol. The summed E-state index contributed by atoms with van der Waals surface area (Å²) in [5, 5.41) is 2.67. The molecule has 1 N–H and O–H groups in total. The Kier molecular flexibility index (Phi) is 6.79. The maximum absolute atomic E-state index is 12.2. The number of carbonyl (C=O) groups is 2. The monoisotopic (exact) mass is 355 g/mol. The lowest BCUT2D eigenvalue weighted by atomic mass is 10.2. The Morgan fingerprint density at radius 3 is 2.35 bits per heavy atom. The maximum Gasteiger partial charge on any atom is 0.331 e. The molecule has 6 nitrogen and oxygen atoms in total. The van der Waals surface area contributed by atoms with Crippen molar-refractivity contribution in [3.05, 3.63) is 60.2 Å². The number of nitrogens with one attached hydrogen (secondary N) is 1. The molecule has 0 heterocycles. The van der Waals surface area contributed by atoms with Crippen molar-refractivity contribution in [3.63, 3.8) is 0 Å². The predicted octanol–water partition coefficient (Wildman–Crippen LogP) is 3.29. The number of carbonyl (C=O) groups excluding carboxylic acids is 2. The quantitative estimate of drug-likeness (QED) is 0.609. The van der Waals surface area contributed by atoms with E-state index in [0.717, 1.165) is 11.3 Å². The number of para-hydroxylation sites is 2. The molecule has 0 saturated heterocycles. The molecular formula is C20H21NO5. The van der Waals surface area contributed by atoms with E-state index >= 15 is 0 Å². The third-order valence-corrected chi connectivity index (χ3v) is 3.55. The Hall–Kier alpha value is -3.28. The number of ether oxygens (including phenoxy) is 3. The third-order valence-electron chi connectivity index (χ3n) is 3.55. The van der Waals surface area contributed by atoms with Crippen LogP contribution in [0.25, 0.3) is 6.08 Å². The van der Waals surface area contributed by atoms with Crippen LogP contribution < -0.4 is 14.8 Å². The summed E-state index contributed by atoms with van der Waals surface area (Å²) in [5.74, 6) is 0.203. The molecule has 2 aromatic rings. The number of hydrogen-bond donors (Lipinski definition) is 1. The number of rotatable bonds is 7. The summed E-state index contributed by atoms with van der Waals surface area (Å²) in [6.07, 6.45) is 1.93. The Bertz CT molecular complexity index is 783. The highest BCUT2D eigenvalue weighted by atomic mass is 16.5. The second kappa shape index (κ2) is 9.27. The number of methoxy groups -OCH3 is 2.